The second kappa shape index (κ2) is 10.4. The topological polar surface area (TPSA) is 73.8 Å². The molecular weight excluding hydrogens is 450 g/mol. The fourth-order valence-electron chi connectivity index (χ4n) is 5.30. The number of carbonyl (C=O) groups is 1. The van der Waals surface area contributed by atoms with Gasteiger partial charge in [0.15, 0.2) is 0 Å². The summed E-state index contributed by atoms with van der Waals surface area (Å²) < 4.78 is 17.8. The van der Waals surface area contributed by atoms with E-state index in [1.54, 1.807) is 22.6 Å². The van der Waals surface area contributed by atoms with E-state index in [-0.39, 0.29) is 24.3 Å². The number of aromatic nitrogens is 2. The van der Waals surface area contributed by atoms with Crippen molar-refractivity contribution in [3.63, 3.8) is 0 Å². The highest BCUT2D eigenvalue weighted by Crippen LogP contribution is 2.48. The van der Waals surface area contributed by atoms with Gasteiger partial charge >= 0.3 is 6.09 Å². The van der Waals surface area contributed by atoms with Gasteiger partial charge in [-0.05, 0) is 83.6 Å². The van der Waals surface area contributed by atoms with Gasteiger partial charge in [0.1, 0.15) is 22.9 Å². The van der Waals surface area contributed by atoms with Gasteiger partial charge in [0.2, 0.25) is 5.88 Å². The first-order valence-electron chi connectivity index (χ1n) is 12.6. The summed E-state index contributed by atoms with van der Waals surface area (Å²) in [6.07, 6.45) is 9.62. The zero-order valence-corrected chi connectivity index (χ0v) is 22.2. The molecule has 188 valence electrons. The number of aryl methyl sites for hydroxylation is 1. The van der Waals surface area contributed by atoms with E-state index >= 15 is 0 Å². The summed E-state index contributed by atoms with van der Waals surface area (Å²) in [5.74, 6) is 1.20. The van der Waals surface area contributed by atoms with Crippen molar-refractivity contribution in [3.05, 3.63) is 16.8 Å². The Morgan fingerprint density at radius 3 is 2.59 bits per heavy atom. The first-order chi connectivity index (χ1) is 16.2. The van der Waals surface area contributed by atoms with E-state index in [9.17, 15) is 4.79 Å². The predicted octanol–water partition coefficient (Wildman–Crippen LogP) is 6.09. The van der Waals surface area contributed by atoms with Gasteiger partial charge in [-0.1, -0.05) is 6.92 Å². The largest absolute Gasteiger partial charge is 0.474 e. The molecule has 2 heterocycles. The summed E-state index contributed by atoms with van der Waals surface area (Å²) in [5.41, 5.74) is 0.910. The van der Waals surface area contributed by atoms with Crippen molar-refractivity contribution in [2.75, 3.05) is 14.2 Å². The molecule has 0 spiro atoms. The van der Waals surface area contributed by atoms with Crippen LogP contribution in [0.1, 0.15) is 89.0 Å². The molecule has 0 N–H and O–H groups in total. The van der Waals surface area contributed by atoms with Gasteiger partial charge in [0, 0.05) is 25.1 Å². The number of nitrogens with zero attached hydrogens (tertiary/aromatic N) is 3. The van der Waals surface area contributed by atoms with Crippen LogP contribution in [0.5, 0.6) is 5.88 Å². The maximum atomic E-state index is 12.5. The van der Waals surface area contributed by atoms with Gasteiger partial charge in [-0.15, -0.1) is 11.3 Å². The van der Waals surface area contributed by atoms with E-state index in [0.717, 1.165) is 67.5 Å². The van der Waals surface area contributed by atoms with E-state index in [1.165, 1.54) is 10.4 Å². The van der Waals surface area contributed by atoms with Crippen LogP contribution in [-0.2, 0) is 15.9 Å². The van der Waals surface area contributed by atoms with Crippen LogP contribution in [0.25, 0.3) is 10.2 Å². The lowest BCUT2D eigenvalue weighted by Crippen LogP contribution is -2.43. The number of hydrogen-bond acceptors (Lipinski definition) is 7. The van der Waals surface area contributed by atoms with Crippen molar-refractivity contribution in [3.8, 4) is 5.88 Å². The molecule has 2 aromatic heterocycles. The summed E-state index contributed by atoms with van der Waals surface area (Å²) >= 11 is 1.79. The molecule has 0 bridgehead atoms. The lowest BCUT2D eigenvalue weighted by atomic mass is 9.92. The maximum absolute atomic E-state index is 12.5. The number of carbonyl (C=O) groups excluding carboxylic acids is 1. The predicted molar refractivity (Wildman–Crippen MR) is 135 cm³/mol. The molecule has 1 fully saturated rings. The second-order valence-corrected chi connectivity index (χ2v) is 11.8. The standard InChI is InChI=1S/C26H39N3O4S/c1-7-18(31-6)14-16-8-13-20-21(16)22-23(27-15-28-24(22)34-20)32-19-11-9-17(10-12-19)29(5)25(30)33-26(2,3)4/h15-19H,7-14H2,1-6H3/t16-,17?,18+,19?/m1/s1. The minimum Gasteiger partial charge on any atom is -0.474 e. The summed E-state index contributed by atoms with van der Waals surface area (Å²) in [6.45, 7) is 7.88. The quantitative estimate of drug-likeness (QED) is 0.468. The van der Waals surface area contributed by atoms with Crippen LogP contribution in [0.15, 0.2) is 6.33 Å². The molecule has 2 aliphatic rings. The number of methoxy groups -OCH3 is 1. The normalized spacial score (nSPS) is 23.5. The molecule has 8 heteroatoms. The molecule has 0 aliphatic heterocycles. The van der Waals surface area contributed by atoms with Crippen LogP contribution in [0.3, 0.4) is 0 Å². The average Bonchev–Trinajstić information content (AvgIpc) is 3.36. The number of ether oxygens (including phenoxy) is 3. The van der Waals surface area contributed by atoms with Crippen molar-refractivity contribution in [2.24, 2.45) is 0 Å². The van der Waals surface area contributed by atoms with Crippen LogP contribution in [0.2, 0.25) is 0 Å². The summed E-state index contributed by atoms with van der Waals surface area (Å²) in [7, 11) is 3.65. The third-order valence-corrected chi connectivity index (χ3v) is 8.36. The highest BCUT2D eigenvalue weighted by Gasteiger charge is 2.34. The van der Waals surface area contributed by atoms with Crippen molar-refractivity contribution in [1.82, 2.24) is 14.9 Å². The lowest BCUT2D eigenvalue weighted by molar-refractivity contribution is 0.0138. The molecule has 0 aromatic carbocycles. The smallest absolute Gasteiger partial charge is 0.410 e. The highest BCUT2D eigenvalue weighted by atomic mass is 32.1. The molecule has 0 unspecified atom stereocenters. The number of thiophene rings is 1. The third-order valence-electron chi connectivity index (χ3n) is 7.18. The molecule has 1 amide bonds. The number of amides is 1. The van der Waals surface area contributed by atoms with E-state index < -0.39 is 5.60 Å². The van der Waals surface area contributed by atoms with E-state index in [2.05, 4.69) is 16.9 Å². The van der Waals surface area contributed by atoms with Crippen molar-refractivity contribution in [2.45, 2.75) is 109 Å². The molecule has 4 rings (SSSR count). The first-order valence-corrected chi connectivity index (χ1v) is 13.4. The lowest BCUT2D eigenvalue weighted by Gasteiger charge is -2.35. The van der Waals surface area contributed by atoms with Crippen molar-refractivity contribution in [1.29, 1.82) is 0 Å². The Morgan fingerprint density at radius 1 is 1.21 bits per heavy atom. The molecule has 34 heavy (non-hydrogen) atoms. The Balaban J connectivity index is 1.44. The van der Waals surface area contributed by atoms with Gasteiger partial charge in [0.05, 0.1) is 11.5 Å². The third kappa shape index (κ3) is 5.48. The molecule has 2 aromatic rings. The zero-order valence-electron chi connectivity index (χ0n) is 21.4. The van der Waals surface area contributed by atoms with E-state index in [4.69, 9.17) is 14.2 Å². The molecule has 0 radical (unpaired) electrons. The van der Waals surface area contributed by atoms with Gasteiger partial charge in [-0.2, -0.15) is 0 Å². The van der Waals surface area contributed by atoms with Crippen LogP contribution in [-0.4, -0.2) is 59.0 Å². The minimum absolute atomic E-state index is 0.0964. The SMILES string of the molecule is CC[C@@H](C[C@H]1CCc2sc3ncnc(OC4CCC(N(C)C(=O)OC(C)(C)C)CC4)c3c21)OC. The molecule has 2 atom stereocenters. The molecule has 0 saturated heterocycles. The fraction of sp³-hybridized carbons (Fsp3) is 0.731. The van der Waals surface area contributed by atoms with Crippen LogP contribution >= 0.6 is 11.3 Å². The van der Waals surface area contributed by atoms with Crippen LogP contribution < -0.4 is 4.74 Å². The molecule has 1 saturated carbocycles. The number of rotatable bonds is 7. The van der Waals surface area contributed by atoms with Crippen molar-refractivity contribution < 1.29 is 19.0 Å². The average molecular weight is 490 g/mol. The zero-order chi connectivity index (χ0) is 24.5. The van der Waals surface area contributed by atoms with E-state index in [0.29, 0.717) is 5.92 Å². The van der Waals surface area contributed by atoms with Gasteiger partial charge in [-0.25, -0.2) is 14.8 Å². The van der Waals surface area contributed by atoms with Gasteiger partial charge < -0.3 is 19.1 Å². The Kier molecular flexibility index (Phi) is 7.67. The van der Waals surface area contributed by atoms with Crippen LogP contribution in [0, 0.1) is 0 Å². The number of hydrogen-bond donors (Lipinski definition) is 0. The number of fused-ring (bicyclic) bond motifs is 3. The monoisotopic (exact) mass is 489 g/mol. The second-order valence-electron chi connectivity index (χ2n) is 10.7. The van der Waals surface area contributed by atoms with Gasteiger partial charge in [0.25, 0.3) is 0 Å². The Morgan fingerprint density at radius 2 is 1.94 bits per heavy atom. The Bertz CT molecular complexity index is 990. The maximum Gasteiger partial charge on any atom is 0.410 e. The van der Waals surface area contributed by atoms with Crippen molar-refractivity contribution >= 4 is 27.6 Å². The first kappa shape index (κ1) is 25.2. The minimum atomic E-state index is -0.483. The van der Waals surface area contributed by atoms with E-state index in [1.807, 2.05) is 34.9 Å². The highest BCUT2D eigenvalue weighted by molar-refractivity contribution is 7.19. The molecule has 2 aliphatic carbocycles. The Hall–Kier alpha value is -1.93. The summed E-state index contributed by atoms with van der Waals surface area (Å²) in [5, 5.41) is 1.11. The fourth-order valence-corrected chi connectivity index (χ4v) is 6.53. The van der Waals surface area contributed by atoms with Gasteiger partial charge in [-0.3, -0.25) is 0 Å². The van der Waals surface area contributed by atoms with Crippen LogP contribution in [0.4, 0.5) is 4.79 Å². The summed E-state index contributed by atoms with van der Waals surface area (Å²) in [4.78, 5) is 25.8. The molecule has 7 nitrogen and oxygen atoms in total. The Labute approximate surface area is 207 Å². The molecular formula is C26H39N3O4S. The summed E-state index contributed by atoms with van der Waals surface area (Å²) in [6, 6.07) is 0.176.